The first kappa shape index (κ1) is 20.5. The maximum Gasteiger partial charge on any atom is 0.193 e. The number of rotatable bonds is 5. The van der Waals surface area contributed by atoms with Gasteiger partial charge in [0.15, 0.2) is 5.96 Å². The number of hydrogen-bond acceptors (Lipinski definition) is 2. The normalized spacial score (nSPS) is 21.1. The molecule has 2 aliphatic rings. The van der Waals surface area contributed by atoms with E-state index in [1.54, 1.807) is 0 Å². The van der Waals surface area contributed by atoms with Crippen LogP contribution in [0.3, 0.4) is 0 Å². The summed E-state index contributed by atoms with van der Waals surface area (Å²) in [4.78, 5) is 7.18. The molecule has 1 unspecified atom stereocenters. The third kappa shape index (κ3) is 5.84. The van der Waals surface area contributed by atoms with Gasteiger partial charge in [0, 0.05) is 25.3 Å². The molecule has 140 valence electrons. The van der Waals surface area contributed by atoms with Crippen LogP contribution in [0, 0.1) is 11.8 Å². The van der Waals surface area contributed by atoms with Gasteiger partial charge in [-0.3, -0.25) is 4.99 Å². The summed E-state index contributed by atoms with van der Waals surface area (Å²) in [7, 11) is 0. The molecule has 0 saturated carbocycles. The maximum atomic E-state index is 6.16. The number of nitrogens with zero attached hydrogens (tertiary/aromatic N) is 2. The summed E-state index contributed by atoms with van der Waals surface area (Å²) in [5.41, 5.74) is 10.2. The van der Waals surface area contributed by atoms with Crippen molar-refractivity contribution in [2.24, 2.45) is 22.6 Å². The van der Waals surface area contributed by atoms with Gasteiger partial charge in [-0.2, -0.15) is 0 Å². The van der Waals surface area contributed by atoms with Crippen LogP contribution in [0.4, 0.5) is 5.69 Å². The van der Waals surface area contributed by atoms with Crippen LogP contribution in [0.25, 0.3) is 0 Å². The van der Waals surface area contributed by atoms with Crippen molar-refractivity contribution in [1.82, 2.24) is 4.90 Å². The van der Waals surface area contributed by atoms with Crippen LogP contribution < -0.4 is 11.1 Å². The number of aryl methyl sites for hydroxylation is 1. The SMILES string of the molecule is CC(C)CN1CCC(CN=C(N)Nc2cccc3c2CCCC3)C1.I. The van der Waals surface area contributed by atoms with E-state index in [0.29, 0.717) is 11.9 Å². The van der Waals surface area contributed by atoms with Crippen LogP contribution in [-0.2, 0) is 12.8 Å². The van der Waals surface area contributed by atoms with Gasteiger partial charge >= 0.3 is 0 Å². The monoisotopic (exact) mass is 456 g/mol. The third-order valence-corrected chi connectivity index (χ3v) is 5.17. The number of aliphatic imine (C=N–C) groups is 1. The number of hydrogen-bond donors (Lipinski definition) is 2. The van der Waals surface area contributed by atoms with Crippen molar-refractivity contribution < 1.29 is 0 Å². The molecule has 0 amide bonds. The molecular weight excluding hydrogens is 423 g/mol. The van der Waals surface area contributed by atoms with Gasteiger partial charge in [-0.15, -0.1) is 24.0 Å². The van der Waals surface area contributed by atoms with E-state index in [1.807, 2.05) is 0 Å². The number of fused-ring (bicyclic) bond motifs is 1. The standard InChI is InChI=1S/C20H32N4.HI/c1-15(2)13-24-11-10-16(14-24)12-22-20(21)23-19-9-5-7-17-6-3-4-8-18(17)19;/h5,7,9,15-16H,3-4,6,8,10-14H2,1-2H3,(H3,21,22,23);1H. The first-order valence-electron chi connectivity index (χ1n) is 9.52. The Hall–Kier alpha value is -0.820. The number of nitrogens with two attached hydrogens (primary N) is 1. The summed E-state index contributed by atoms with van der Waals surface area (Å²) in [5, 5.41) is 3.35. The minimum atomic E-state index is 0. The fraction of sp³-hybridized carbons (Fsp3) is 0.650. The smallest absolute Gasteiger partial charge is 0.193 e. The molecule has 1 aliphatic carbocycles. The van der Waals surface area contributed by atoms with Gasteiger partial charge in [-0.05, 0) is 67.7 Å². The van der Waals surface area contributed by atoms with Crippen LogP contribution in [-0.4, -0.2) is 37.0 Å². The van der Waals surface area contributed by atoms with E-state index in [2.05, 4.69) is 47.3 Å². The fourth-order valence-electron chi connectivity index (χ4n) is 4.05. The van der Waals surface area contributed by atoms with Crippen molar-refractivity contribution in [1.29, 1.82) is 0 Å². The summed E-state index contributed by atoms with van der Waals surface area (Å²) in [6.45, 7) is 8.97. The van der Waals surface area contributed by atoms with Crippen molar-refractivity contribution in [3.05, 3.63) is 29.3 Å². The number of likely N-dealkylation sites (tertiary alicyclic amines) is 1. The molecule has 3 rings (SSSR count). The predicted octanol–water partition coefficient (Wildman–Crippen LogP) is 3.89. The summed E-state index contributed by atoms with van der Waals surface area (Å²) in [5.74, 6) is 1.95. The summed E-state index contributed by atoms with van der Waals surface area (Å²) in [6.07, 6.45) is 6.16. The quantitative estimate of drug-likeness (QED) is 0.402. The Kier molecular flexibility index (Phi) is 8.00. The molecule has 25 heavy (non-hydrogen) atoms. The predicted molar refractivity (Wildman–Crippen MR) is 118 cm³/mol. The van der Waals surface area contributed by atoms with E-state index >= 15 is 0 Å². The van der Waals surface area contributed by atoms with Gasteiger partial charge in [0.1, 0.15) is 0 Å². The first-order valence-corrected chi connectivity index (χ1v) is 9.52. The summed E-state index contributed by atoms with van der Waals surface area (Å²) < 4.78 is 0. The van der Waals surface area contributed by atoms with Gasteiger partial charge in [0.25, 0.3) is 0 Å². The lowest BCUT2D eigenvalue weighted by Gasteiger charge is -2.20. The second kappa shape index (κ2) is 9.76. The topological polar surface area (TPSA) is 53.6 Å². The van der Waals surface area contributed by atoms with Crippen LogP contribution in [0.1, 0.15) is 44.2 Å². The molecule has 0 bridgehead atoms. The van der Waals surface area contributed by atoms with Gasteiger partial charge in [0.2, 0.25) is 0 Å². The van der Waals surface area contributed by atoms with Gasteiger partial charge in [-0.1, -0.05) is 26.0 Å². The Bertz CT molecular complexity index is 585. The summed E-state index contributed by atoms with van der Waals surface area (Å²) >= 11 is 0. The molecule has 0 aromatic heterocycles. The molecule has 1 aromatic carbocycles. The van der Waals surface area contributed by atoms with E-state index in [0.717, 1.165) is 31.1 Å². The molecule has 1 saturated heterocycles. The van der Waals surface area contributed by atoms with Crippen molar-refractivity contribution in [2.45, 2.75) is 46.0 Å². The second-order valence-electron chi connectivity index (χ2n) is 7.81. The molecule has 1 atom stereocenters. The highest BCUT2D eigenvalue weighted by Gasteiger charge is 2.22. The zero-order chi connectivity index (χ0) is 16.9. The lowest BCUT2D eigenvalue weighted by Crippen LogP contribution is -2.27. The summed E-state index contributed by atoms with van der Waals surface area (Å²) in [6, 6.07) is 6.50. The lowest BCUT2D eigenvalue weighted by molar-refractivity contribution is 0.288. The largest absolute Gasteiger partial charge is 0.370 e. The minimum Gasteiger partial charge on any atom is -0.370 e. The molecule has 3 N–H and O–H groups in total. The highest BCUT2D eigenvalue weighted by atomic mass is 127. The Morgan fingerprint density at radius 1 is 1.32 bits per heavy atom. The van der Waals surface area contributed by atoms with Crippen molar-refractivity contribution in [3.63, 3.8) is 0 Å². The molecule has 4 nitrogen and oxygen atoms in total. The van der Waals surface area contributed by atoms with Gasteiger partial charge in [-0.25, -0.2) is 0 Å². The Labute approximate surface area is 169 Å². The number of guanidine groups is 1. The number of nitrogens with one attached hydrogen (secondary N) is 1. The highest BCUT2D eigenvalue weighted by molar-refractivity contribution is 14.0. The van der Waals surface area contributed by atoms with Crippen molar-refractivity contribution in [3.8, 4) is 0 Å². The molecule has 1 heterocycles. The Morgan fingerprint density at radius 2 is 2.12 bits per heavy atom. The number of benzene rings is 1. The van der Waals surface area contributed by atoms with Crippen LogP contribution in [0.15, 0.2) is 23.2 Å². The number of anilines is 1. The molecule has 1 aliphatic heterocycles. The molecule has 5 heteroatoms. The second-order valence-corrected chi connectivity index (χ2v) is 7.81. The molecular formula is C20H33IN4. The Morgan fingerprint density at radius 3 is 2.92 bits per heavy atom. The average Bonchev–Trinajstić information content (AvgIpc) is 3.00. The van der Waals surface area contributed by atoms with Crippen molar-refractivity contribution in [2.75, 3.05) is 31.5 Å². The molecule has 1 fully saturated rings. The van der Waals surface area contributed by atoms with Crippen LogP contribution in [0.2, 0.25) is 0 Å². The zero-order valence-corrected chi connectivity index (χ0v) is 18.0. The first-order chi connectivity index (χ1) is 11.6. The number of halogens is 1. The van der Waals surface area contributed by atoms with Gasteiger partial charge in [0.05, 0.1) is 0 Å². The average molecular weight is 456 g/mol. The van der Waals surface area contributed by atoms with E-state index in [-0.39, 0.29) is 24.0 Å². The van der Waals surface area contributed by atoms with E-state index in [4.69, 9.17) is 5.73 Å². The lowest BCUT2D eigenvalue weighted by atomic mass is 9.90. The molecule has 0 spiro atoms. The molecule has 1 aromatic rings. The van der Waals surface area contributed by atoms with Crippen molar-refractivity contribution >= 4 is 35.6 Å². The third-order valence-electron chi connectivity index (χ3n) is 5.17. The molecule has 0 radical (unpaired) electrons. The van der Waals surface area contributed by atoms with Crippen LogP contribution >= 0.6 is 24.0 Å². The fourth-order valence-corrected chi connectivity index (χ4v) is 4.05. The Balaban J connectivity index is 0.00000225. The van der Waals surface area contributed by atoms with Gasteiger partial charge < -0.3 is 16.0 Å². The minimum absolute atomic E-state index is 0. The van der Waals surface area contributed by atoms with Crippen LogP contribution in [0.5, 0.6) is 0 Å². The van der Waals surface area contributed by atoms with E-state index < -0.39 is 0 Å². The maximum absolute atomic E-state index is 6.16. The van der Waals surface area contributed by atoms with E-state index in [9.17, 15) is 0 Å². The highest BCUT2D eigenvalue weighted by Crippen LogP contribution is 2.27. The zero-order valence-electron chi connectivity index (χ0n) is 15.6. The van der Waals surface area contributed by atoms with E-state index in [1.165, 1.54) is 49.9 Å².